The van der Waals surface area contributed by atoms with Crippen LogP contribution in [0.2, 0.25) is 0 Å². The molecular weight excluding hydrogens is 304 g/mol. The van der Waals surface area contributed by atoms with E-state index in [0.29, 0.717) is 17.9 Å². The van der Waals surface area contributed by atoms with Gasteiger partial charge >= 0.3 is 0 Å². The molecule has 0 atom stereocenters. The van der Waals surface area contributed by atoms with E-state index in [1.807, 2.05) is 38.1 Å². The second-order valence-electron chi connectivity index (χ2n) is 5.00. The molecule has 120 valence electrons. The Bertz CT molecular complexity index is 594. The molecule has 0 bridgehead atoms. The maximum Gasteiger partial charge on any atom is 0.254 e. The van der Waals surface area contributed by atoms with Gasteiger partial charge < -0.3 is 20.2 Å². The van der Waals surface area contributed by atoms with Crippen molar-refractivity contribution in [2.24, 2.45) is 5.73 Å². The zero-order valence-electron chi connectivity index (χ0n) is 12.7. The third-order valence-corrected chi connectivity index (χ3v) is 2.87. The second-order valence-corrected chi connectivity index (χ2v) is 5.00. The lowest BCUT2D eigenvalue weighted by molar-refractivity contribution is 0.0950. The number of rotatable bonds is 6. The molecule has 3 N–H and O–H groups in total. The van der Waals surface area contributed by atoms with Crippen molar-refractivity contribution in [1.29, 1.82) is 0 Å². The second kappa shape index (κ2) is 8.46. The number of halogens is 1. The van der Waals surface area contributed by atoms with Crippen LogP contribution in [0.15, 0.2) is 41.0 Å². The summed E-state index contributed by atoms with van der Waals surface area (Å²) < 4.78 is 10.7. The predicted octanol–water partition coefficient (Wildman–Crippen LogP) is 2.88. The van der Waals surface area contributed by atoms with Crippen LogP contribution in [0.25, 0.3) is 0 Å². The zero-order valence-corrected chi connectivity index (χ0v) is 13.5. The Morgan fingerprint density at radius 2 is 2.00 bits per heavy atom. The molecule has 2 aromatic rings. The van der Waals surface area contributed by atoms with Gasteiger partial charge in [0.1, 0.15) is 17.8 Å². The average Bonchev–Trinajstić information content (AvgIpc) is 2.94. The first kappa shape index (κ1) is 18.1. The molecule has 0 radical (unpaired) electrons. The third kappa shape index (κ3) is 5.09. The summed E-state index contributed by atoms with van der Waals surface area (Å²) in [5, 5.41) is 2.83. The van der Waals surface area contributed by atoms with Crippen LogP contribution in [0, 0.1) is 0 Å². The Morgan fingerprint density at radius 1 is 1.32 bits per heavy atom. The first-order chi connectivity index (χ1) is 10.1. The molecule has 5 nitrogen and oxygen atoms in total. The van der Waals surface area contributed by atoms with Gasteiger partial charge in [0.05, 0.1) is 18.2 Å². The molecule has 0 spiro atoms. The van der Waals surface area contributed by atoms with E-state index in [9.17, 15) is 4.79 Å². The number of carbonyl (C=O) groups excluding carboxylic acids is 1. The minimum absolute atomic E-state index is 0. The standard InChI is InChI=1S/C16H20N2O3.ClH/c1-11(2)21-14-5-3-12(4-6-14)9-18-16(19)13-7-15(8-17)20-10-13;/h3-7,10-11H,8-9,17H2,1-2H3,(H,18,19);1H. The van der Waals surface area contributed by atoms with Crippen molar-refractivity contribution in [1.82, 2.24) is 5.32 Å². The van der Waals surface area contributed by atoms with E-state index in [2.05, 4.69) is 5.32 Å². The number of carbonyl (C=O) groups is 1. The highest BCUT2D eigenvalue weighted by molar-refractivity contribution is 5.93. The Balaban J connectivity index is 0.00000242. The van der Waals surface area contributed by atoms with Crippen molar-refractivity contribution in [3.8, 4) is 5.75 Å². The number of nitrogens with one attached hydrogen (secondary N) is 1. The highest BCUT2D eigenvalue weighted by Gasteiger charge is 2.09. The Labute approximate surface area is 136 Å². The normalized spacial score (nSPS) is 10.2. The molecule has 0 saturated carbocycles. The van der Waals surface area contributed by atoms with Crippen molar-refractivity contribution < 1.29 is 13.9 Å². The monoisotopic (exact) mass is 324 g/mol. The van der Waals surface area contributed by atoms with Gasteiger partial charge in [0.15, 0.2) is 0 Å². The largest absolute Gasteiger partial charge is 0.491 e. The van der Waals surface area contributed by atoms with Gasteiger partial charge in [-0.1, -0.05) is 12.1 Å². The molecule has 0 aliphatic carbocycles. The van der Waals surface area contributed by atoms with Crippen LogP contribution in [0.5, 0.6) is 5.75 Å². The number of amides is 1. The summed E-state index contributed by atoms with van der Waals surface area (Å²) in [6, 6.07) is 9.30. The molecule has 22 heavy (non-hydrogen) atoms. The van der Waals surface area contributed by atoms with Crippen LogP contribution in [0.3, 0.4) is 0 Å². The molecule has 0 aliphatic heterocycles. The van der Waals surface area contributed by atoms with E-state index in [0.717, 1.165) is 11.3 Å². The van der Waals surface area contributed by atoms with E-state index in [4.69, 9.17) is 14.9 Å². The quantitative estimate of drug-likeness (QED) is 0.856. The zero-order chi connectivity index (χ0) is 15.2. The van der Waals surface area contributed by atoms with E-state index < -0.39 is 0 Å². The van der Waals surface area contributed by atoms with Crippen LogP contribution >= 0.6 is 12.4 Å². The highest BCUT2D eigenvalue weighted by Crippen LogP contribution is 2.14. The molecule has 1 amide bonds. The first-order valence-corrected chi connectivity index (χ1v) is 6.89. The fourth-order valence-corrected chi connectivity index (χ4v) is 1.85. The van der Waals surface area contributed by atoms with Gasteiger partial charge in [-0.3, -0.25) is 4.79 Å². The van der Waals surface area contributed by atoms with Gasteiger partial charge in [0.2, 0.25) is 0 Å². The smallest absolute Gasteiger partial charge is 0.254 e. The molecule has 1 aromatic heterocycles. The molecule has 6 heteroatoms. The van der Waals surface area contributed by atoms with Crippen LogP contribution < -0.4 is 15.8 Å². The number of ether oxygens (including phenoxy) is 1. The van der Waals surface area contributed by atoms with E-state index >= 15 is 0 Å². The van der Waals surface area contributed by atoms with Crippen molar-refractivity contribution in [3.63, 3.8) is 0 Å². The molecule has 0 fully saturated rings. The Hall–Kier alpha value is -1.98. The molecule has 2 rings (SSSR count). The summed E-state index contributed by atoms with van der Waals surface area (Å²) in [7, 11) is 0. The number of nitrogens with two attached hydrogens (primary N) is 1. The van der Waals surface area contributed by atoms with E-state index in [-0.39, 0.29) is 31.0 Å². The minimum Gasteiger partial charge on any atom is -0.491 e. The van der Waals surface area contributed by atoms with Gasteiger partial charge in [-0.25, -0.2) is 0 Å². The van der Waals surface area contributed by atoms with Crippen LogP contribution in [0.1, 0.15) is 35.5 Å². The lowest BCUT2D eigenvalue weighted by Crippen LogP contribution is -2.22. The van der Waals surface area contributed by atoms with Gasteiger partial charge in [-0.05, 0) is 37.6 Å². The Kier molecular flexibility index (Phi) is 6.95. The fourth-order valence-electron chi connectivity index (χ4n) is 1.85. The topological polar surface area (TPSA) is 77.5 Å². The lowest BCUT2D eigenvalue weighted by atomic mass is 10.2. The molecular formula is C16H21ClN2O3. The first-order valence-electron chi connectivity index (χ1n) is 6.89. The maximum absolute atomic E-state index is 11.9. The van der Waals surface area contributed by atoms with Crippen LogP contribution in [-0.4, -0.2) is 12.0 Å². The third-order valence-electron chi connectivity index (χ3n) is 2.87. The molecule has 0 aliphatic rings. The van der Waals surface area contributed by atoms with Crippen molar-refractivity contribution >= 4 is 18.3 Å². The maximum atomic E-state index is 11.9. The molecule has 0 saturated heterocycles. The number of hydrogen-bond donors (Lipinski definition) is 2. The van der Waals surface area contributed by atoms with Crippen LogP contribution in [0.4, 0.5) is 0 Å². The van der Waals surface area contributed by atoms with Crippen molar-refractivity contribution in [2.45, 2.75) is 33.0 Å². The summed E-state index contributed by atoms with van der Waals surface area (Å²) in [5.74, 6) is 1.23. The van der Waals surface area contributed by atoms with E-state index in [1.165, 1.54) is 6.26 Å². The number of hydrogen-bond acceptors (Lipinski definition) is 4. The van der Waals surface area contributed by atoms with Gasteiger partial charge in [0, 0.05) is 6.54 Å². The SMILES string of the molecule is CC(C)Oc1ccc(CNC(=O)c2coc(CN)c2)cc1.Cl. The van der Waals surface area contributed by atoms with Gasteiger partial charge in [-0.15, -0.1) is 12.4 Å². The number of furan rings is 1. The average molecular weight is 325 g/mol. The van der Waals surface area contributed by atoms with Crippen molar-refractivity contribution in [3.05, 3.63) is 53.5 Å². The van der Waals surface area contributed by atoms with Gasteiger partial charge in [-0.2, -0.15) is 0 Å². The Morgan fingerprint density at radius 3 is 2.55 bits per heavy atom. The predicted molar refractivity (Wildman–Crippen MR) is 87.2 cm³/mol. The summed E-state index contributed by atoms with van der Waals surface area (Å²) in [6.07, 6.45) is 1.56. The number of benzene rings is 1. The summed E-state index contributed by atoms with van der Waals surface area (Å²) in [5.41, 5.74) is 6.92. The van der Waals surface area contributed by atoms with Crippen molar-refractivity contribution in [2.75, 3.05) is 0 Å². The molecule has 1 heterocycles. The summed E-state index contributed by atoms with van der Waals surface area (Å²) in [6.45, 7) is 4.69. The molecule has 0 unspecified atom stereocenters. The van der Waals surface area contributed by atoms with E-state index in [1.54, 1.807) is 6.07 Å². The van der Waals surface area contributed by atoms with Crippen LogP contribution in [-0.2, 0) is 13.1 Å². The van der Waals surface area contributed by atoms with Gasteiger partial charge in [0.25, 0.3) is 5.91 Å². The molecule has 1 aromatic carbocycles. The summed E-state index contributed by atoms with van der Waals surface area (Å²) >= 11 is 0. The summed E-state index contributed by atoms with van der Waals surface area (Å²) in [4.78, 5) is 11.9. The highest BCUT2D eigenvalue weighted by atomic mass is 35.5. The minimum atomic E-state index is -0.180. The fraction of sp³-hybridized carbons (Fsp3) is 0.312. The lowest BCUT2D eigenvalue weighted by Gasteiger charge is -2.10.